The van der Waals surface area contributed by atoms with Crippen LogP contribution >= 0.6 is 0 Å². The van der Waals surface area contributed by atoms with Crippen LogP contribution in [0.2, 0.25) is 0 Å². The molecule has 2 N–H and O–H groups in total. The lowest BCUT2D eigenvalue weighted by Gasteiger charge is -2.19. The Bertz CT molecular complexity index is 370. The van der Waals surface area contributed by atoms with Gasteiger partial charge in [-0.25, -0.2) is 4.39 Å². The Balaban J connectivity index is 2.28. The van der Waals surface area contributed by atoms with Gasteiger partial charge < -0.3 is 10.6 Å². The zero-order valence-corrected chi connectivity index (χ0v) is 9.26. The minimum Gasteiger partial charge on any atom is -0.377 e. The quantitative estimate of drug-likeness (QED) is 0.822. The fraction of sp³-hybridized carbons (Fsp3) is 0.500. The second-order valence-corrected chi connectivity index (χ2v) is 4.71. The van der Waals surface area contributed by atoms with Crippen LogP contribution in [-0.2, 0) is 6.42 Å². The highest BCUT2D eigenvalue weighted by Crippen LogP contribution is 2.37. The first kappa shape index (κ1) is 10.4. The molecule has 1 aliphatic carbocycles. The zero-order chi connectivity index (χ0) is 11.1. The Morgan fingerprint density at radius 2 is 2.07 bits per heavy atom. The van der Waals surface area contributed by atoms with E-state index in [0.717, 1.165) is 30.5 Å². The molecule has 0 saturated heterocycles. The van der Waals surface area contributed by atoms with Gasteiger partial charge in [0.2, 0.25) is 0 Å². The monoisotopic (exact) mass is 208 g/mol. The van der Waals surface area contributed by atoms with E-state index in [0.29, 0.717) is 0 Å². The molecular weight excluding hydrogens is 191 g/mol. The molecule has 15 heavy (non-hydrogen) atoms. The number of rotatable bonds is 3. The molecule has 0 aromatic heterocycles. The third-order valence-electron chi connectivity index (χ3n) is 2.96. The van der Waals surface area contributed by atoms with Gasteiger partial charge in [-0.2, -0.15) is 0 Å². The van der Waals surface area contributed by atoms with Gasteiger partial charge in [-0.15, -0.1) is 0 Å². The number of hydrogen-bond acceptors (Lipinski definition) is 2. The first-order chi connectivity index (χ1) is 7.00. The van der Waals surface area contributed by atoms with E-state index in [1.165, 1.54) is 6.07 Å². The van der Waals surface area contributed by atoms with E-state index in [1.807, 2.05) is 25.1 Å². The van der Waals surface area contributed by atoms with Crippen molar-refractivity contribution in [2.75, 3.05) is 19.0 Å². The lowest BCUT2D eigenvalue weighted by atomic mass is 10.0. The molecular formula is C12H17FN2. The van der Waals surface area contributed by atoms with Crippen LogP contribution in [-0.4, -0.2) is 19.6 Å². The van der Waals surface area contributed by atoms with Gasteiger partial charge in [0, 0.05) is 25.3 Å². The van der Waals surface area contributed by atoms with Crippen LogP contribution < -0.4 is 10.6 Å². The summed E-state index contributed by atoms with van der Waals surface area (Å²) in [6.45, 7) is 0. The van der Waals surface area contributed by atoms with Gasteiger partial charge in [0.25, 0.3) is 0 Å². The molecule has 0 bridgehead atoms. The Kier molecular flexibility index (Phi) is 2.43. The summed E-state index contributed by atoms with van der Waals surface area (Å²) >= 11 is 0. The van der Waals surface area contributed by atoms with Crippen LogP contribution in [0.4, 0.5) is 10.1 Å². The third kappa shape index (κ3) is 2.29. The maximum atomic E-state index is 13.1. The van der Waals surface area contributed by atoms with Crippen LogP contribution in [0.15, 0.2) is 18.2 Å². The lowest BCUT2D eigenvalue weighted by molar-refractivity contribution is 0.623. The van der Waals surface area contributed by atoms with Gasteiger partial charge in [-0.3, -0.25) is 0 Å². The highest BCUT2D eigenvalue weighted by Gasteiger charge is 2.38. The van der Waals surface area contributed by atoms with Gasteiger partial charge in [-0.05, 0) is 37.0 Å². The van der Waals surface area contributed by atoms with Gasteiger partial charge >= 0.3 is 0 Å². The van der Waals surface area contributed by atoms with Crippen LogP contribution in [0.1, 0.15) is 18.4 Å². The van der Waals surface area contributed by atoms with E-state index in [4.69, 9.17) is 5.73 Å². The number of benzene rings is 1. The average molecular weight is 208 g/mol. The maximum absolute atomic E-state index is 13.1. The van der Waals surface area contributed by atoms with E-state index in [1.54, 1.807) is 6.07 Å². The highest BCUT2D eigenvalue weighted by atomic mass is 19.1. The van der Waals surface area contributed by atoms with Crippen molar-refractivity contribution in [2.24, 2.45) is 5.73 Å². The molecule has 0 heterocycles. The molecule has 82 valence electrons. The summed E-state index contributed by atoms with van der Waals surface area (Å²) in [6.07, 6.45) is 3.01. The summed E-state index contributed by atoms with van der Waals surface area (Å²) in [7, 11) is 3.85. The number of halogens is 1. The molecule has 0 radical (unpaired) electrons. The van der Waals surface area contributed by atoms with E-state index in [2.05, 4.69) is 0 Å². The molecule has 3 heteroatoms. The summed E-state index contributed by atoms with van der Waals surface area (Å²) in [6, 6.07) is 4.92. The predicted molar refractivity (Wildman–Crippen MR) is 60.6 cm³/mol. The second kappa shape index (κ2) is 3.49. The standard InChI is InChI=1S/C12H17FN2/c1-15(2)11-7-10(13)4-3-9(11)8-12(14)5-6-12/h3-4,7H,5-6,8,14H2,1-2H3. The summed E-state index contributed by atoms with van der Waals surface area (Å²) in [5, 5.41) is 0. The fourth-order valence-electron chi connectivity index (χ4n) is 1.82. The summed E-state index contributed by atoms with van der Waals surface area (Å²) in [5.41, 5.74) is 8.13. The Hall–Kier alpha value is -1.09. The van der Waals surface area contributed by atoms with Crippen LogP contribution in [0.25, 0.3) is 0 Å². The van der Waals surface area contributed by atoms with Crippen molar-refractivity contribution in [2.45, 2.75) is 24.8 Å². The topological polar surface area (TPSA) is 29.3 Å². The zero-order valence-electron chi connectivity index (χ0n) is 9.26. The van der Waals surface area contributed by atoms with E-state index < -0.39 is 0 Å². The number of nitrogens with two attached hydrogens (primary N) is 1. The second-order valence-electron chi connectivity index (χ2n) is 4.71. The van der Waals surface area contributed by atoms with Crippen LogP contribution in [0.5, 0.6) is 0 Å². The van der Waals surface area contributed by atoms with Crippen LogP contribution in [0.3, 0.4) is 0 Å². The number of hydrogen-bond donors (Lipinski definition) is 1. The van der Waals surface area contributed by atoms with E-state index in [-0.39, 0.29) is 11.4 Å². The Labute approximate surface area is 89.9 Å². The third-order valence-corrected chi connectivity index (χ3v) is 2.96. The van der Waals surface area contributed by atoms with Crippen molar-refractivity contribution in [1.29, 1.82) is 0 Å². The molecule has 1 aliphatic rings. The van der Waals surface area contributed by atoms with Gasteiger partial charge in [-0.1, -0.05) is 6.07 Å². The first-order valence-electron chi connectivity index (χ1n) is 5.25. The van der Waals surface area contributed by atoms with Crippen molar-refractivity contribution in [3.05, 3.63) is 29.6 Å². The SMILES string of the molecule is CN(C)c1cc(F)ccc1CC1(N)CC1. The Morgan fingerprint density at radius 1 is 1.40 bits per heavy atom. The normalized spacial score (nSPS) is 17.6. The van der Waals surface area contributed by atoms with Crippen molar-refractivity contribution in [3.8, 4) is 0 Å². The summed E-state index contributed by atoms with van der Waals surface area (Å²) in [4.78, 5) is 1.93. The Morgan fingerprint density at radius 3 is 2.60 bits per heavy atom. The molecule has 0 spiro atoms. The molecule has 0 atom stereocenters. The average Bonchev–Trinajstić information content (AvgIpc) is 2.87. The maximum Gasteiger partial charge on any atom is 0.125 e. The van der Waals surface area contributed by atoms with Gasteiger partial charge in [0.15, 0.2) is 0 Å². The molecule has 1 fully saturated rings. The van der Waals surface area contributed by atoms with Crippen molar-refractivity contribution in [1.82, 2.24) is 0 Å². The molecule has 0 amide bonds. The van der Waals surface area contributed by atoms with Crippen molar-refractivity contribution >= 4 is 5.69 Å². The molecule has 0 unspecified atom stereocenters. The molecule has 1 aromatic rings. The van der Waals surface area contributed by atoms with E-state index in [9.17, 15) is 4.39 Å². The predicted octanol–water partition coefficient (Wildman–Crippen LogP) is 1.93. The van der Waals surface area contributed by atoms with Crippen LogP contribution in [0, 0.1) is 5.82 Å². The molecule has 2 nitrogen and oxygen atoms in total. The summed E-state index contributed by atoms with van der Waals surface area (Å²) in [5.74, 6) is -0.190. The number of nitrogens with zero attached hydrogens (tertiary/aromatic N) is 1. The first-order valence-corrected chi connectivity index (χ1v) is 5.25. The van der Waals surface area contributed by atoms with Gasteiger partial charge in [0.1, 0.15) is 5.82 Å². The highest BCUT2D eigenvalue weighted by molar-refractivity contribution is 5.53. The van der Waals surface area contributed by atoms with Gasteiger partial charge in [0.05, 0.1) is 0 Å². The number of anilines is 1. The molecule has 1 aromatic carbocycles. The van der Waals surface area contributed by atoms with Crippen molar-refractivity contribution < 1.29 is 4.39 Å². The minimum absolute atomic E-state index is 0.0252. The van der Waals surface area contributed by atoms with Crippen molar-refractivity contribution in [3.63, 3.8) is 0 Å². The van der Waals surface area contributed by atoms with E-state index >= 15 is 0 Å². The minimum atomic E-state index is -0.190. The lowest BCUT2D eigenvalue weighted by Crippen LogP contribution is -2.25. The molecule has 1 saturated carbocycles. The molecule has 2 rings (SSSR count). The largest absolute Gasteiger partial charge is 0.377 e. The summed E-state index contributed by atoms with van der Waals surface area (Å²) < 4.78 is 13.1. The smallest absolute Gasteiger partial charge is 0.125 e. The fourth-order valence-corrected chi connectivity index (χ4v) is 1.82. The molecule has 0 aliphatic heterocycles.